The van der Waals surface area contributed by atoms with Gasteiger partial charge in [-0.25, -0.2) is 13.2 Å². The SMILES string of the molecule is CC[C@H](C[C@H](C)CC/C=C\[C@@H]1CCCC1C(=O)NS(=O)(=O)C1(C)CC1)[C@H](NC(=O)OC(C)(C)C(F)(F)F)C(=O)N1C[C@H](Oc2nc(OC)cc3cc(OC)ccc23)C[C@H]1C(N)=O. The number of halogens is 3. The molecule has 5 rings (SSSR count). The average molecular weight is 896 g/mol. The summed E-state index contributed by atoms with van der Waals surface area (Å²) in [6.07, 6.45) is 1.73. The number of carbonyl (C=O) groups excluding carboxylic acids is 4. The molecule has 19 heteroatoms. The van der Waals surface area contributed by atoms with Gasteiger partial charge in [0.25, 0.3) is 0 Å². The van der Waals surface area contributed by atoms with E-state index in [1.165, 1.54) is 19.1 Å². The summed E-state index contributed by atoms with van der Waals surface area (Å²) in [5.41, 5.74) is 2.94. The van der Waals surface area contributed by atoms with Crippen molar-refractivity contribution in [3.05, 3.63) is 36.4 Å². The van der Waals surface area contributed by atoms with Crippen LogP contribution < -0.4 is 30.0 Å². The fourth-order valence-electron chi connectivity index (χ4n) is 8.21. The van der Waals surface area contributed by atoms with Crippen LogP contribution in [0.4, 0.5) is 18.0 Å². The smallest absolute Gasteiger partial charge is 0.427 e. The highest BCUT2D eigenvalue weighted by Gasteiger charge is 2.53. The lowest BCUT2D eigenvalue weighted by Crippen LogP contribution is -2.57. The highest BCUT2D eigenvalue weighted by atomic mass is 32.2. The minimum Gasteiger partial charge on any atom is -0.497 e. The fourth-order valence-corrected chi connectivity index (χ4v) is 9.51. The third-order valence-corrected chi connectivity index (χ3v) is 14.7. The van der Waals surface area contributed by atoms with Crippen molar-refractivity contribution in [3.8, 4) is 17.5 Å². The number of rotatable bonds is 19. The maximum atomic E-state index is 14.6. The summed E-state index contributed by atoms with van der Waals surface area (Å²) < 4.78 is 90.0. The number of methoxy groups -OCH3 is 2. The van der Waals surface area contributed by atoms with E-state index in [1.54, 1.807) is 38.1 Å². The van der Waals surface area contributed by atoms with Crippen molar-refractivity contribution in [3.63, 3.8) is 0 Å². The van der Waals surface area contributed by atoms with Crippen LogP contribution in [0.1, 0.15) is 98.8 Å². The Morgan fingerprint density at radius 2 is 1.81 bits per heavy atom. The number of hydrogen-bond acceptors (Lipinski definition) is 11. The molecule has 4 amide bonds. The van der Waals surface area contributed by atoms with Crippen LogP contribution in [0.5, 0.6) is 17.5 Å². The highest BCUT2D eigenvalue weighted by Crippen LogP contribution is 2.43. The molecule has 344 valence electrons. The molecule has 0 radical (unpaired) electrons. The molecular weight excluding hydrogens is 836 g/mol. The van der Waals surface area contributed by atoms with Crippen LogP contribution in [0.3, 0.4) is 0 Å². The number of ether oxygens (including phenoxy) is 4. The largest absolute Gasteiger partial charge is 0.497 e. The standard InChI is InChI=1S/C43H60F3N5O10S/c1-8-26(20-25(2)12-9-10-13-27-14-11-15-31(27)37(53)50-62(56,57)42(5)18-19-42)35(49-40(55)61-41(3,4)43(44,45)46)39(54)51-24-30(23-33(51)36(47)52)60-38-32-17-16-29(58-6)21-28(32)22-34(48-38)59-7/h10,13,16-17,21-22,25-27,30-31,33,35H,8-9,11-12,14-15,18-20,23-24H2,1-7H3,(H2,47,52)(H,49,55)(H,50,53)/b13-10-/t25-,26-,27-,30-,31?,33+,35+/m1/s1. The number of carbonyl (C=O) groups is 4. The van der Waals surface area contributed by atoms with Crippen LogP contribution >= 0.6 is 0 Å². The number of amides is 4. The van der Waals surface area contributed by atoms with Gasteiger partial charge in [0.15, 0.2) is 0 Å². The molecule has 0 bridgehead atoms. The van der Waals surface area contributed by atoms with Crippen LogP contribution in [0.2, 0.25) is 0 Å². The molecular formula is C43H60F3N5O10S. The van der Waals surface area contributed by atoms with Crippen molar-refractivity contribution in [1.82, 2.24) is 19.9 Å². The molecule has 1 aliphatic heterocycles. The van der Waals surface area contributed by atoms with E-state index < -0.39 is 80.4 Å². The van der Waals surface area contributed by atoms with Crippen LogP contribution in [0.15, 0.2) is 36.4 Å². The summed E-state index contributed by atoms with van der Waals surface area (Å²) in [7, 11) is -0.784. The molecule has 3 aliphatic rings. The van der Waals surface area contributed by atoms with Crippen molar-refractivity contribution in [2.75, 3.05) is 20.8 Å². The van der Waals surface area contributed by atoms with E-state index in [1.807, 2.05) is 19.1 Å². The fraction of sp³-hybridized carbons (Fsp3) is 0.651. The van der Waals surface area contributed by atoms with Gasteiger partial charge in [0.05, 0.1) is 25.5 Å². The van der Waals surface area contributed by atoms with Gasteiger partial charge >= 0.3 is 12.3 Å². The van der Waals surface area contributed by atoms with E-state index in [0.717, 1.165) is 12.8 Å². The third kappa shape index (κ3) is 11.2. The third-order valence-electron chi connectivity index (χ3n) is 12.6. The second-order valence-corrected chi connectivity index (χ2v) is 19.8. The monoisotopic (exact) mass is 895 g/mol. The van der Waals surface area contributed by atoms with Gasteiger partial charge in [0.1, 0.15) is 23.9 Å². The van der Waals surface area contributed by atoms with Crippen LogP contribution in [-0.4, -0.2) is 97.6 Å². The molecule has 15 nitrogen and oxygen atoms in total. The van der Waals surface area contributed by atoms with E-state index in [9.17, 15) is 40.8 Å². The zero-order chi connectivity index (χ0) is 45.8. The van der Waals surface area contributed by atoms with Gasteiger partial charge in [-0.05, 0) is 107 Å². The van der Waals surface area contributed by atoms with Gasteiger partial charge in [-0.3, -0.25) is 19.1 Å². The Bertz CT molecular complexity index is 2110. The first-order chi connectivity index (χ1) is 29.0. The van der Waals surface area contributed by atoms with E-state index >= 15 is 0 Å². The Hall–Kier alpha value is -4.81. The maximum absolute atomic E-state index is 14.6. The van der Waals surface area contributed by atoms with Crippen LogP contribution in [0, 0.1) is 23.7 Å². The molecule has 3 fully saturated rings. The number of nitrogens with one attached hydrogen (secondary N) is 2. The lowest BCUT2D eigenvalue weighted by atomic mass is 9.84. The first kappa shape index (κ1) is 48.2. The Morgan fingerprint density at radius 1 is 1.10 bits per heavy atom. The molecule has 2 saturated carbocycles. The molecule has 2 aromatic rings. The van der Waals surface area contributed by atoms with Crippen molar-refractivity contribution in [2.45, 2.75) is 134 Å². The number of pyridine rings is 1. The number of likely N-dealkylation sites (tertiary alicyclic amines) is 1. The number of benzene rings is 1. The molecule has 1 unspecified atom stereocenters. The number of nitrogens with two attached hydrogens (primary N) is 1. The molecule has 0 spiro atoms. The molecule has 1 aromatic heterocycles. The molecule has 2 aliphatic carbocycles. The van der Waals surface area contributed by atoms with E-state index in [0.29, 0.717) is 75.3 Å². The van der Waals surface area contributed by atoms with Gasteiger partial charge in [0.2, 0.25) is 45.1 Å². The second kappa shape index (κ2) is 19.3. The van der Waals surface area contributed by atoms with E-state index in [2.05, 4.69) is 15.0 Å². The molecule has 62 heavy (non-hydrogen) atoms. The van der Waals surface area contributed by atoms with Gasteiger partial charge < -0.3 is 34.9 Å². The van der Waals surface area contributed by atoms with Crippen LogP contribution in [0.25, 0.3) is 10.8 Å². The minimum absolute atomic E-state index is 0.0336. The maximum Gasteiger partial charge on any atom is 0.427 e. The highest BCUT2D eigenvalue weighted by molar-refractivity contribution is 7.91. The lowest BCUT2D eigenvalue weighted by Gasteiger charge is -2.34. The molecule has 2 heterocycles. The first-order valence-corrected chi connectivity index (χ1v) is 22.6. The summed E-state index contributed by atoms with van der Waals surface area (Å²) in [6.45, 7) is 6.60. The van der Waals surface area contributed by atoms with Crippen LogP contribution in [-0.2, 0) is 29.1 Å². The summed E-state index contributed by atoms with van der Waals surface area (Å²) in [5.74, 6) is -2.35. The Labute approximate surface area is 361 Å². The Kier molecular flexibility index (Phi) is 15.0. The van der Waals surface area contributed by atoms with E-state index in [-0.39, 0.29) is 36.6 Å². The Morgan fingerprint density at radius 3 is 2.42 bits per heavy atom. The second-order valence-electron chi connectivity index (χ2n) is 17.6. The number of fused-ring (bicyclic) bond motifs is 1. The molecule has 7 atom stereocenters. The average Bonchev–Trinajstić information content (AvgIpc) is 3.58. The molecule has 1 aromatic carbocycles. The minimum atomic E-state index is -4.91. The summed E-state index contributed by atoms with van der Waals surface area (Å²) in [5, 5.41) is 3.70. The van der Waals surface area contributed by atoms with Crippen molar-refractivity contribution in [2.24, 2.45) is 29.4 Å². The molecule has 4 N–H and O–H groups in total. The number of aromatic nitrogens is 1. The zero-order valence-corrected chi connectivity index (χ0v) is 37.2. The predicted octanol–water partition coefficient (Wildman–Crippen LogP) is 6.32. The summed E-state index contributed by atoms with van der Waals surface area (Å²) in [4.78, 5) is 59.4. The first-order valence-electron chi connectivity index (χ1n) is 21.1. The Balaban J connectivity index is 1.31. The number of alkyl carbamates (subject to hydrolysis) is 1. The number of allylic oxidation sites excluding steroid dienone is 2. The quantitative estimate of drug-likeness (QED) is 0.133. The van der Waals surface area contributed by atoms with Gasteiger partial charge in [-0.1, -0.05) is 38.8 Å². The van der Waals surface area contributed by atoms with E-state index in [4.69, 9.17) is 24.7 Å². The number of hydrogen-bond donors (Lipinski definition) is 3. The summed E-state index contributed by atoms with van der Waals surface area (Å²) in [6, 6.07) is 4.32. The van der Waals surface area contributed by atoms with Gasteiger partial charge in [-0.15, -0.1) is 0 Å². The normalized spacial score (nSPS) is 22.8. The number of alkyl halides is 3. The topological polar surface area (TPSA) is 206 Å². The van der Waals surface area contributed by atoms with Crippen molar-refractivity contribution < 1.29 is 59.7 Å². The predicted molar refractivity (Wildman–Crippen MR) is 224 cm³/mol. The summed E-state index contributed by atoms with van der Waals surface area (Å²) >= 11 is 0. The number of nitrogens with zero attached hydrogens (tertiary/aromatic N) is 2. The number of primary amides is 1. The number of sulfonamides is 1. The van der Waals surface area contributed by atoms with Crippen molar-refractivity contribution >= 4 is 44.6 Å². The lowest BCUT2D eigenvalue weighted by molar-refractivity contribution is -0.244. The van der Waals surface area contributed by atoms with Crippen molar-refractivity contribution in [1.29, 1.82) is 0 Å². The van der Waals surface area contributed by atoms with Gasteiger partial charge in [0, 0.05) is 23.8 Å². The molecule has 1 saturated heterocycles. The zero-order valence-electron chi connectivity index (χ0n) is 36.4. The van der Waals surface area contributed by atoms with Gasteiger partial charge in [-0.2, -0.15) is 18.2 Å².